The molecule has 1 unspecified atom stereocenters. The Labute approximate surface area is 123 Å². The molecule has 0 N–H and O–H groups in total. The minimum atomic E-state index is -0.152. The lowest BCUT2D eigenvalue weighted by atomic mass is 9.96. The van der Waals surface area contributed by atoms with Gasteiger partial charge >= 0.3 is 0 Å². The molecule has 0 spiro atoms. The van der Waals surface area contributed by atoms with Gasteiger partial charge in [0, 0.05) is 11.4 Å². The summed E-state index contributed by atoms with van der Waals surface area (Å²) in [4.78, 5) is 4.30. The molecule has 1 atom stereocenters. The molecule has 104 valence electrons. The van der Waals surface area contributed by atoms with Crippen LogP contribution in [0.4, 0.5) is 0 Å². The average Bonchev–Trinajstić information content (AvgIpc) is 2.87. The predicted molar refractivity (Wildman–Crippen MR) is 80.6 cm³/mol. The Hall–Kier alpha value is -1.74. The molecule has 0 saturated carbocycles. The first-order valence-electron chi connectivity index (χ1n) is 6.67. The van der Waals surface area contributed by atoms with Gasteiger partial charge in [0.2, 0.25) is 0 Å². The summed E-state index contributed by atoms with van der Waals surface area (Å²) in [6.45, 7) is 4.20. The Balaban J connectivity index is 1.96. The summed E-state index contributed by atoms with van der Waals surface area (Å²) in [6.07, 6.45) is 8.55. The van der Waals surface area contributed by atoms with Crippen molar-refractivity contribution in [3.63, 3.8) is 0 Å². The number of allylic oxidation sites excluding steroid dienone is 1. The first-order valence-corrected chi connectivity index (χ1v) is 7.05. The van der Waals surface area contributed by atoms with E-state index in [1.54, 1.807) is 6.26 Å². The van der Waals surface area contributed by atoms with Crippen molar-refractivity contribution < 1.29 is 4.74 Å². The van der Waals surface area contributed by atoms with Gasteiger partial charge in [0.1, 0.15) is 5.60 Å². The van der Waals surface area contributed by atoms with Crippen LogP contribution < -0.4 is 0 Å². The Kier molecular flexibility index (Phi) is 3.30. The highest BCUT2D eigenvalue weighted by molar-refractivity contribution is 6.30. The summed E-state index contributed by atoms with van der Waals surface area (Å²) < 4.78 is 7.81. The zero-order valence-corrected chi connectivity index (χ0v) is 12.3. The van der Waals surface area contributed by atoms with Gasteiger partial charge in [0.05, 0.1) is 30.5 Å². The fourth-order valence-electron chi connectivity index (χ4n) is 2.54. The number of aromatic nitrogens is 2. The summed E-state index contributed by atoms with van der Waals surface area (Å²) in [5, 5.41) is 0.743. The monoisotopic (exact) mass is 288 g/mol. The van der Waals surface area contributed by atoms with Gasteiger partial charge in [-0.2, -0.15) is 0 Å². The smallest absolute Gasteiger partial charge is 0.105 e. The van der Waals surface area contributed by atoms with Crippen molar-refractivity contribution in [1.82, 2.24) is 9.55 Å². The van der Waals surface area contributed by atoms with Crippen LogP contribution in [-0.4, -0.2) is 15.2 Å². The van der Waals surface area contributed by atoms with E-state index >= 15 is 0 Å². The zero-order chi connectivity index (χ0) is 14.2. The number of halogens is 1. The van der Waals surface area contributed by atoms with Crippen LogP contribution in [-0.2, 0) is 4.74 Å². The van der Waals surface area contributed by atoms with E-state index in [1.165, 1.54) is 0 Å². The molecule has 4 heteroatoms. The van der Waals surface area contributed by atoms with Crippen molar-refractivity contribution in [3.05, 3.63) is 54.2 Å². The molecule has 2 heterocycles. The van der Waals surface area contributed by atoms with Crippen LogP contribution in [0, 0.1) is 0 Å². The molecular formula is C16H17ClN2O. The molecule has 1 aromatic carbocycles. The van der Waals surface area contributed by atoms with Crippen molar-refractivity contribution >= 4 is 11.6 Å². The highest BCUT2D eigenvalue weighted by atomic mass is 35.5. The second kappa shape index (κ2) is 4.98. The summed E-state index contributed by atoms with van der Waals surface area (Å²) in [6, 6.07) is 8.09. The predicted octanol–water partition coefficient (Wildman–Crippen LogP) is 4.46. The summed E-state index contributed by atoms with van der Waals surface area (Å²) in [5.74, 6) is 0. The van der Waals surface area contributed by atoms with E-state index in [0.29, 0.717) is 0 Å². The van der Waals surface area contributed by atoms with Gasteiger partial charge in [-0.25, -0.2) is 4.98 Å². The number of nitrogens with zero attached hydrogens (tertiary/aromatic N) is 2. The van der Waals surface area contributed by atoms with Crippen LogP contribution >= 0.6 is 11.6 Å². The molecule has 0 radical (unpaired) electrons. The maximum absolute atomic E-state index is 5.95. The molecule has 0 amide bonds. The van der Waals surface area contributed by atoms with Gasteiger partial charge in [-0.15, -0.1) is 0 Å². The van der Waals surface area contributed by atoms with E-state index in [2.05, 4.69) is 29.5 Å². The van der Waals surface area contributed by atoms with E-state index in [9.17, 15) is 0 Å². The number of ether oxygens (including phenoxy) is 1. The van der Waals surface area contributed by atoms with E-state index in [0.717, 1.165) is 22.7 Å². The normalized spacial score (nSPS) is 20.6. The SMILES string of the molecule is CC1(C)CC(n2cncc2-c2ccc(Cl)cc2)C=CO1. The molecule has 1 aliphatic rings. The second-order valence-corrected chi connectivity index (χ2v) is 6.11. The molecule has 1 aromatic heterocycles. The van der Waals surface area contributed by atoms with Gasteiger partial charge in [-0.05, 0) is 37.6 Å². The van der Waals surface area contributed by atoms with Gasteiger partial charge in [0.15, 0.2) is 0 Å². The standard InChI is InChI=1S/C16H17ClN2O/c1-16(2)9-14(7-8-20-16)19-11-18-10-15(19)12-3-5-13(17)6-4-12/h3-8,10-11,14H,9H2,1-2H3. The van der Waals surface area contributed by atoms with Crippen molar-refractivity contribution in [1.29, 1.82) is 0 Å². The molecular weight excluding hydrogens is 272 g/mol. The Morgan fingerprint density at radius 2 is 2.05 bits per heavy atom. The fourth-order valence-corrected chi connectivity index (χ4v) is 2.66. The van der Waals surface area contributed by atoms with Crippen molar-refractivity contribution in [2.75, 3.05) is 0 Å². The minimum Gasteiger partial charge on any atom is -0.496 e. The van der Waals surface area contributed by atoms with Crippen molar-refractivity contribution in [3.8, 4) is 11.3 Å². The lowest BCUT2D eigenvalue weighted by Crippen LogP contribution is -2.29. The molecule has 0 bridgehead atoms. The summed E-state index contributed by atoms with van der Waals surface area (Å²) >= 11 is 5.95. The lowest BCUT2D eigenvalue weighted by molar-refractivity contribution is 0.0262. The van der Waals surface area contributed by atoms with Crippen molar-refractivity contribution in [2.45, 2.75) is 31.9 Å². The molecule has 2 aromatic rings. The van der Waals surface area contributed by atoms with Crippen LogP contribution in [0.5, 0.6) is 0 Å². The first-order chi connectivity index (χ1) is 9.55. The fraction of sp³-hybridized carbons (Fsp3) is 0.312. The largest absolute Gasteiger partial charge is 0.496 e. The van der Waals surface area contributed by atoms with Crippen LogP contribution in [0.15, 0.2) is 49.1 Å². The Bertz CT molecular complexity index is 628. The Morgan fingerprint density at radius 1 is 1.30 bits per heavy atom. The highest BCUT2D eigenvalue weighted by Crippen LogP contribution is 2.33. The number of benzene rings is 1. The third-order valence-electron chi connectivity index (χ3n) is 3.55. The molecule has 0 saturated heterocycles. The van der Waals surface area contributed by atoms with Gasteiger partial charge in [-0.3, -0.25) is 0 Å². The van der Waals surface area contributed by atoms with E-state index in [-0.39, 0.29) is 11.6 Å². The average molecular weight is 289 g/mol. The van der Waals surface area contributed by atoms with Crippen LogP contribution in [0.1, 0.15) is 26.3 Å². The zero-order valence-electron chi connectivity index (χ0n) is 11.6. The summed E-state index contributed by atoms with van der Waals surface area (Å²) in [5.41, 5.74) is 2.06. The van der Waals surface area contributed by atoms with Crippen LogP contribution in [0.3, 0.4) is 0 Å². The third-order valence-corrected chi connectivity index (χ3v) is 3.80. The Morgan fingerprint density at radius 3 is 2.75 bits per heavy atom. The number of hydrogen-bond acceptors (Lipinski definition) is 2. The maximum atomic E-state index is 5.95. The molecule has 1 aliphatic heterocycles. The molecule has 0 aliphatic carbocycles. The van der Waals surface area contributed by atoms with Gasteiger partial charge in [0.25, 0.3) is 0 Å². The molecule has 3 rings (SSSR count). The highest BCUT2D eigenvalue weighted by Gasteiger charge is 2.28. The minimum absolute atomic E-state index is 0.152. The van der Waals surface area contributed by atoms with Gasteiger partial charge in [-0.1, -0.05) is 23.7 Å². The van der Waals surface area contributed by atoms with Crippen LogP contribution in [0.25, 0.3) is 11.3 Å². The maximum Gasteiger partial charge on any atom is 0.105 e. The van der Waals surface area contributed by atoms with Gasteiger partial charge < -0.3 is 9.30 Å². The third kappa shape index (κ3) is 2.59. The van der Waals surface area contributed by atoms with E-state index in [1.807, 2.05) is 36.8 Å². The number of imidazole rings is 1. The summed E-state index contributed by atoms with van der Waals surface area (Å²) in [7, 11) is 0. The van der Waals surface area contributed by atoms with Crippen LogP contribution in [0.2, 0.25) is 5.02 Å². The lowest BCUT2D eigenvalue weighted by Gasteiger charge is -2.33. The molecule has 0 fully saturated rings. The number of rotatable bonds is 2. The second-order valence-electron chi connectivity index (χ2n) is 5.67. The van der Waals surface area contributed by atoms with Crippen molar-refractivity contribution in [2.24, 2.45) is 0 Å². The topological polar surface area (TPSA) is 27.1 Å². The number of hydrogen-bond donors (Lipinski definition) is 0. The quantitative estimate of drug-likeness (QED) is 0.816. The molecule has 3 nitrogen and oxygen atoms in total. The van der Waals surface area contributed by atoms with E-state index in [4.69, 9.17) is 16.3 Å². The molecule has 20 heavy (non-hydrogen) atoms. The first kappa shape index (κ1) is 13.3. The van der Waals surface area contributed by atoms with E-state index < -0.39 is 0 Å².